The molecule has 0 heterocycles. The van der Waals surface area contributed by atoms with E-state index in [0.29, 0.717) is 17.7 Å². The molecule has 3 heteroatoms. The minimum Gasteiger partial charge on any atom is -0.348 e. The normalized spacial score (nSPS) is 9.50. The van der Waals surface area contributed by atoms with E-state index in [4.69, 9.17) is 5.26 Å². The van der Waals surface area contributed by atoms with Crippen molar-refractivity contribution in [2.24, 2.45) is 0 Å². The summed E-state index contributed by atoms with van der Waals surface area (Å²) >= 11 is 0. The van der Waals surface area contributed by atoms with Gasteiger partial charge in [-0.25, -0.2) is 0 Å². The summed E-state index contributed by atoms with van der Waals surface area (Å²) in [5.41, 5.74) is 2.17. The summed E-state index contributed by atoms with van der Waals surface area (Å²) in [6.45, 7) is 0.500. The van der Waals surface area contributed by atoms with Gasteiger partial charge in [0, 0.05) is 12.1 Å². The lowest BCUT2D eigenvalue weighted by Gasteiger charge is -2.05. The summed E-state index contributed by atoms with van der Waals surface area (Å²) in [7, 11) is 0. The van der Waals surface area contributed by atoms with Gasteiger partial charge >= 0.3 is 0 Å². The Morgan fingerprint density at radius 2 is 1.72 bits per heavy atom. The van der Waals surface area contributed by atoms with E-state index in [2.05, 4.69) is 5.32 Å². The van der Waals surface area contributed by atoms with E-state index in [0.717, 1.165) is 5.56 Å². The molecule has 0 saturated heterocycles. The Morgan fingerprint density at radius 1 is 1.06 bits per heavy atom. The second-order valence-corrected chi connectivity index (χ2v) is 3.86. The van der Waals surface area contributed by atoms with Crippen LogP contribution >= 0.6 is 0 Å². The second kappa shape index (κ2) is 5.65. The third-order valence-electron chi connectivity index (χ3n) is 2.57. The number of hydrogen-bond acceptors (Lipinski definition) is 2. The second-order valence-electron chi connectivity index (χ2n) is 3.86. The Hall–Kier alpha value is -2.60. The number of nitrogens with zero attached hydrogens (tertiary/aromatic N) is 1. The van der Waals surface area contributed by atoms with Gasteiger partial charge in [-0.05, 0) is 29.8 Å². The van der Waals surface area contributed by atoms with E-state index < -0.39 is 0 Å². The van der Waals surface area contributed by atoms with Crippen molar-refractivity contribution in [1.29, 1.82) is 5.26 Å². The van der Waals surface area contributed by atoms with Crippen LogP contribution in [0, 0.1) is 11.3 Å². The summed E-state index contributed by atoms with van der Waals surface area (Å²) in [5, 5.41) is 11.5. The van der Waals surface area contributed by atoms with Gasteiger partial charge in [-0.2, -0.15) is 5.26 Å². The molecular formula is C15H12N2O. The number of nitriles is 1. The summed E-state index contributed by atoms with van der Waals surface area (Å²) in [6.07, 6.45) is 0. The van der Waals surface area contributed by atoms with Gasteiger partial charge in [-0.3, -0.25) is 4.79 Å². The Kier molecular flexibility index (Phi) is 3.72. The van der Waals surface area contributed by atoms with E-state index in [-0.39, 0.29) is 5.91 Å². The fourth-order valence-corrected chi connectivity index (χ4v) is 1.58. The lowest BCUT2D eigenvalue weighted by molar-refractivity contribution is 0.0951. The van der Waals surface area contributed by atoms with Gasteiger partial charge in [0.2, 0.25) is 0 Å². The maximum Gasteiger partial charge on any atom is 0.251 e. The van der Waals surface area contributed by atoms with Crippen LogP contribution in [0.4, 0.5) is 0 Å². The van der Waals surface area contributed by atoms with Crippen molar-refractivity contribution in [3.63, 3.8) is 0 Å². The molecule has 0 aliphatic rings. The lowest BCUT2D eigenvalue weighted by atomic mass is 9.88. The first kappa shape index (κ1) is 11.9. The van der Waals surface area contributed by atoms with Crippen molar-refractivity contribution in [1.82, 2.24) is 5.32 Å². The topological polar surface area (TPSA) is 52.9 Å². The van der Waals surface area contributed by atoms with Crippen LogP contribution in [-0.2, 0) is 6.54 Å². The van der Waals surface area contributed by atoms with Crippen LogP contribution in [-0.4, -0.2) is 5.91 Å². The summed E-state index contributed by atoms with van der Waals surface area (Å²) in [4.78, 5) is 11.8. The lowest BCUT2D eigenvalue weighted by Crippen LogP contribution is -2.22. The minimum atomic E-state index is -0.136. The third kappa shape index (κ3) is 2.96. The quantitative estimate of drug-likeness (QED) is 0.888. The number of rotatable bonds is 3. The first-order chi connectivity index (χ1) is 8.79. The van der Waals surface area contributed by atoms with Crippen molar-refractivity contribution in [3.8, 4) is 6.07 Å². The molecule has 0 spiro atoms. The molecule has 0 radical (unpaired) electrons. The zero-order chi connectivity index (χ0) is 12.8. The summed E-state index contributed by atoms with van der Waals surface area (Å²) < 4.78 is 0. The van der Waals surface area contributed by atoms with E-state index in [1.54, 1.807) is 24.3 Å². The highest BCUT2D eigenvalue weighted by Gasteiger charge is 2.04. The number of nitrogens with one attached hydrogen (secondary N) is 1. The van der Waals surface area contributed by atoms with Crippen molar-refractivity contribution in [2.75, 3.05) is 0 Å². The van der Waals surface area contributed by atoms with Crippen molar-refractivity contribution >= 4 is 5.91 Å². The van der Waals surface area contributed by atoms with Gasteiger partial charge in [0.25, 0.3) is 5.91 Å². The smallest absolute Gasteiger partial charge is 0.251 e. The molecule has 2 aromatic rings. The maximum absolute atomic E-state index is 11.8. The largest absolute Gasteiger partial charge is 0.348 e. The number of benzene rings is 2. The van der Waals surface area contributed by atoms with Gasteiger partial charge in [0.15, 0.2) is 0 Å². The molecule has 18 heavy (non-hydrogen) atoms. The van der Waals surface area contributed by atoms with Crippen LogP contribution in [0.2, 0.25) is 0 Å². The highest BCUT2D eigenvalue weighted by Crippen LogP contribution is 2.04. The molecule has 0 atom stereocenters. The number of carbonyl (C=O) groups excluding carboxylic acids is 1. The number of hydrogen-bond donors (Lipinski definition) is 1. The highest BCUT2D eigenvalue weighted by atomic mass is 16.1. The molecule has 88 valence electrons. The standard InChI is InChI=1S/C15H12N2O/c16-10-12-6-8-14(9-7-12)15(18)17-11-13-4-2-1-3-5-13/h1-9H,11H2,(H,17,18)/i15-1. The fraction of sp³-hybridized carbons (Fsp3) is 0.0667. The van der Waals surface area contributed by atoms with Crippen LogP contribution in [0.3, 0.4) is 0 Å². The van der Waals surface area contributed by atoms with Crippen LogP contribution in [0.15, 0.2) is 54.6 Å². The molecule has 0 saturated carbocycles. The van der Waals surface area contributed by atoms with Gasteiger partial charge < -0.3 is 5.32 Å². The van der Waals surface area contributed by atoms with E-state index in [1.807, 2.05) is 36.4 Å². The third-order valence-corrected chi connectivity index (χ3v) is 2.57. The average molecular weight is 235 g/mol. The fourth-order valence-electron chi connectivity index (χ4n) is 1.58. The Morgan fingerprint density at radius 3 is 2.33 bits per heavy atom. The molecule has 0 aliphatic carbocycles. The van der Waals surface area contributed by atoms with Gasteiger partial charge in [0.1, 0.15) is 0 Å². The molecule has 1 amide bonds. The Bertz CT molecular complexity index is 568. The van der Waals surface area contributed by atoms with Gasteiger partial charge in [0.05, 0.1) is 11.6 Å². The molecule has 3 nitrogen and oxygen atoms in total. The van der Waals surface area contributed by atoms with E-state index in [9.17, 15) is 4.79 Å². The maximum atomic E-state index is 11.8. The molecule has 0 unspecified atom stereocenters. The summed E-state index contributed by atoms with van der Waals surface area (Å²) in [5.74, 6) is -0.136. The molecular weight excluding hydrogens is 223 g/mol. The number of carbonyl (C=O) groups is 1. The molecule has 2 aromatic carbocycles. The minimum absolute atomic E-state index is 0.136. The predicted octanol–water partition coefficient (Wildman–Crippen LogP) is 2.49. The zero-order valence-electron chi connectivity index (χ0n) is 9.76. The monoisotopic (exact) mass is 235 g/mol. The van der Waals surface area contributed by atoms with Crippen molar-refractivity contribution in [3.05, 3.63) is 71.3 Å². The summed E-state index contributed by atoms with van der Waals surface area (Å²) in [6, 6.07) is 18.3. The van der Waals surface area contributed by atoms with Crippen LogP contribution in [0.5, 0.6) is 0 Å². The SMILES string of the molecule is N#Cc1ccc([11C](=O)NCc2ccccc2)cc1. The number of amides is 1. The van der Waals surface area contributed by atoms with E-state index >= 15 is 0 Å². The predicted molar refractivity (Wildman–Crippen MR) is 68.8 cm³/mol. The molecule has 0 aliphatic heterocycles. The molecule has 0 fully saturated rings. The molecule has 2 rings (SSSR count). The van der Waals surface area contributed by atoms with E-state index in [1.165, 1.54) is 0 Å². The van der Waals surface area contributed by atoms with Crippen LogP contribution in [0.1, 0.15) is 21.5 Å². The van der Waals surface area contributed by atoms with Gasteiger partial charge in [-0.15, -0.1) is 0 Å². The average Bonchev–Trinajstić information content (AvgIpc) is 2.46. The molecule has 1 N–H and O–H groups in total. The Labute approximate surface area is 106 Å². The Balaban J connectivity index is 1.98. The van der Waals surface area contributed by atoms with Gasteiger partial charge in [-0.1, -0.05) is 30.3 Å². The zero-order valence-corrected chi connectivity index (χ0v) is 9.76. The van der Waals surface area contributed by atoms with Crippen molar-refractivity contribution in [2.45, 2.75) is 6.54 Å². The molecule has 0 bridgehead atoms. The first-order valence-corrected chi connectivity index (χ1v) is 5.62. The molecule has 0 aromatic heterocycles. The van der Waals surface area contributed by atoms with Crippen LogP contribution in [0.25, 0.3) is 0 Å². The van der Waals surface area contributed by atoms with Crippen molar-refractivity contribution < 1.29 is 4.79 Å². The first-order valence-electron chi connectivity index (χ1n) is 5.62. The highest BCUT2D eigenvalue weighted by molar-refractivity contribution is 5.94. The van der Waals surface area contributed by atoms with Crippen LogP contribution < -0.4 is 5.32 Å².